The van der Waals surface area contributed by atoms with Gasteiger partial charge in [-0.05, 0) is 6.07 Å². The molecule has 1 N–H and O–H groups in total. The zero-order valence-electron chi connectivity index (χ0n) is 15.8. The Hall–Kier alpha value is -3.82. The summed E-state index contributed by atoms with van der Waals surface area (Å²) in [5.41, 5.74) is 1.04. The largest absolute Gasteiger partial charge is 0.493 e. The quantitative estimate of drug-likeness (QED) is 0.639. The summed E-state index contributed by atoms with van der Waals surface area (Å²) < 4.78 is 22.5. The number of hydrogen-bond donors (Lipinski definition) is 1. The predicted molar refractivity (Wildman–Crippen MR) is 98.5 cm³/mol. The molecule has 1 aromatic rings. The van der Waals surface area contributed by atoms with Crippen molar-refractivity contribution in [3.63, 3.8) is 0 Å². The summed E-state index contributed by atoms with van der Waals surface area (Å²) in [6.45, 7) is 0.165. The monoisotopic (exact) mass is 399 g/mol. The highest BCUT2D eigenvalue weighted by Gasteiger charge is 2.36. The lowest BCUT2D eigenvalue weighted by molar-refractivity contribution is 0.0346. The summed E-state index contributed by atoms with van der Waals surface area (Å²) in [6.07, 6.45) is 2.40. The highest BCUT2D eigenvalue weighted by molar-refractivity contribution is 5.98. The van der Waals surface area contributed by atoms with Crippen LogP contribution in [0.15, 0.2) is 29.3 Å². The van der Waals surface area contributed by atoms with Crippen LogP contribution in [0.1, 0.15) is 32.4 Å². The fourth-order valence-electron chi connectivity index (χ4n) is 3.45. The van der Waals surface area contributed by atoms with Crippen molar-refractivity contribution in [1.82, 2.24) is 14.8 Å². The second-order valence-electron chi connectivity index (χ2n) is 6.33. The molecule has 0 bridgehead atoms. The van der Waals surface area contributed by atoms with Crippen LogP contribution in [-0.2, 0) is 16.0 Å². The molecule has 3 aliphatic heterocycles. The summed E-state index contributed by atoms with van der Waals surface area (Å²) >= 11 is 0. The van der Waals surface area contributed by atoms with Crippen LogP contribution in [0.5, 0.6) is 11.5 Å². The van der Waals surface area contributed by atoms with Crippen molar-refractivity contribution < 1.29 is 28.5 Å². The van der Waals surface area contributed by atoms with Gasteiger partial charge in [0, 0.05) is 18.0 Å². The van der Waals surface area contributed by atoms with Gasteiger partial charge in [0.05, 0.1) is 33.4 Å². The average Bonchev–Trinajstić information content (AvgIpc) is 3.26. The lowest BCUT2D eigenvalue weighted by Gasteiger charge is -2.16. The third kappa shape index (κ3) is 2.89. The van der Waals surface area contributed by atoms with E-state index >= 15 is 0 Å². The minimum Gasteiger partial charge on any atom is -0.493 e. The first-order chi connectivity index (χ1) is 14.0. The number of carbonyl (C=O) groups excluding carboxylic acids is 2. The van der Waals surface area contributed by atoms with Crippen LogP contribution in [0.25, 0.3) is 11.3 Å². The van der Waals surface area contributed by atoms with Gasteiger partial charge in [0.2, 0.25) is 0 Å². The van der Waals surface area contributed by atoms with Gasteiger partial charge in [0.1, 0.15) is 22.9 Å². The summed E-state index contributed by atoms with van der Waals surface area (Å²) in [5.74, 6) is -0.459. The number of nitrogens with zero attached hydrogens (tertiary/aromatic N) is 2. The molecule has 0 fully saturated rings. The summed E-state index contributed by atoms with van der Waals surface area (Å²) in [5, 5.41) is 6.21. The number of aromatic nitrogens is 3. The van der Waals surface area contributed by atoms with E-state index in [1.54, 1.807) is 22.9 Å². The van der Waals surface area contributed by atoms with E-state index in [1.165, 1.54) is 27.5 Å². The Morgan fingerprint density at radius 1 is 1.21 bits per heavy atom. The van der Waals surface area contributed by atoms with Crippen molar-refractivity contribution in [2.75, 3.05) is 21.3 Å². The Labute approximate surface area is 164 Å². The van der Waals surface area contributed by atoms with Gasteiger partial charge < -0.3 is 23.5 Å². The lowest BCUT2D eigenvalue weighted by atomic mass is 10.0. The standard InChI is InChI=1S/C19H17N3O7/c1-26-12-5-4-9-13(29-19(25)14(9)16(12)27-2)8-22-6-10-15(20-21-17(10)23)11(7-22)18(24)28-3/h4-7,13H,8H2,1-3H3,(H,21,23)/t13-/m1/s1. The average molecular weight is 399 g/mol. The van der Waals surface area contributed by atoms with Gasteiger partial charge in [-0.25, -0.2) is 14.7 Å². The smallest absolute Gasteiger partial charge is 0.343 e. The zero-order chi connectivity index (χ0) is 20.7. The highest BCUT2D eigenvalue weighted by atomic mass is 16.6. The number of ether oxygens (including phenoxy) is 4. The van der Waals surface area contributed by atoms with Crippen LogP contribution in [0, 0.1) is 0 Å². The number of fused-ring (bicyclic) bond motifs is 2. The molecule has 3 heterocycles. The number of esters is 2. The Morgan fingerprint density at radius 3 is 2.69 bits per heavy atom. The lowest BCUT2D eigenvalue weighted by Crippen LogP contribution is -2.15. The van der Waals surface area contributed by atoms with Crippen molar-refractivity contribution in [2.45, 2.75) is 12.6 Å². The molecule has 10 heteroatoms. The van der Waals surface area contributed by atoms with E-state index in [9.17, 15) is 14.4 Å². The van der Waals surface area contributed by atoms with Gasteiger partial charge in [-0.1, -0.05) is 6.07 Å². The Morgan fingerprint density at radius 2 is 2.00 bits per heavy atom. The summed E-state index contributed by atoms with van der Waals surface area (Å²) in [6, 6.07) is 3.41. The van der Waals surface area contributed by atoms with Crippen LogP contribution in [0.2, 0.25) is 0 Å². The van der Waals surface area contributed by atoms with Crippen molar-refractivity contribution in [2.24, 2.45) is 0 Å². The summed E-state index contributed by atoms with van der Waals surface area (Å²) in [4.78, 5) is 36.6. The molecule has 0 radical (unpaired) electrons. The predicted octanol–water partition coefficient (Wildman–Crippen LogP) is 1.39. The molecule has 1 atom stereocenters. The molecular weight excluding hydrogens is 382 g/mol. The fraction of sp³-hybridized carbons (Fsp3) is 0.263. The van der Waals surface area contributed by atoms with E-state index in [1.807, 2.05) is 0 Å². The van der Waals surface area contributed by atoms with E-state index < -0.39 is 23.6 Å². The number of methoxy groups -OCH3 is 3. The van der Waals surface area contributed by atoms with Gasteiger partial charge >= 0.3 is 11.9 Å². The van der Waals surface area contributed by atoms with Crippen molar-refractivity contribution in [3.05, 3.63) is 51.6 Å². The first-order valence-corrected chi connectivity index (χ1v) is 8.60. The zero-order valence-corrected chi connectivity index (χ0v) is 15.8. The van der Waals surface area contributed by atoms with Crippen LogP contribution in [0.4, 0.5) is 0 Å². The van der Waals surface area contributed by atoms with Gasteiger partial charge in [0.15, 0.2) is 11.5 Å². The van der Waals surface area contributed by atoms with Crippen molar-refractivity contribution in [3.8, 4) is 22.8 Å². The maximum atomic E-state index is 12.5. The molecule has 10 nitrogen and oxygen atoms in total. The first-order valence-electron chi connectivity index (χ1n) is 8.60. The molecule has 1 aromatic carbocycles. The Bertz CT molecular complexity index is 1150. The normalized spacial score (nSPS) is 15.1. The van der Waals surface area contributed by atoms with Gasteiger partial charge in [-0.15, -0.1) is 0 Å². The number of H-pyrrole nitrogens is 1. The van der Waals surface area contributed by atoms with Gasteiger partial charge in [0.25, 0.3) is 5.56 Å². The third-order valence-electron chi connectivity index (χ3n) is 4.77. The van der Waals surface area contributed by atoms with Crippen molar-refractivity contribution in [1.29, 1.82) is 0 Å². The fourth-order valence-corrected chi connectivity index (χ4v) is 3.45. The molecule has 3 aliphatic rings. The number of hydrogen-bond acceptors (Lipinski definition) is 8. The Balaban J connectivity index is 1.77. The molecule has 0 saturated carbocycles. The molecule has 0 saturated heterocycles. The minimum atomic E-state index is -0.646. The maximum absolute atomic E-state index is 12.5. The molecule has 150 valence electrons. The van der Waals surface area contributed by atoms with E-state index in [-0.39, 0.29) is 23.4 Å². The topological polar surface area (TPSA) is 122 Å². The molecule has 0 amide bonds. The minimum absolute atomic E-state index is 0.125. The third-order valence-corrected chi connectivity index (χ3v) is 4.77. The van der Waals surface area contributed by atoms with Crippen molar-refractivity contribution >= 4 is 11.9 Å². The molecule has 4 rings (SSSR count). The van der Waals surface area contributed by atoms with Gasteiger partial charge in [-0.2, -0.15) is 5.10 Å². The number of aromatic amines is 1. The summed E-state index contributed by atoms with van der Waals surface area (Å²) in [7, 11) is 4.16. The van der Waals surface area contributed by atoms with Crippen LogP contribution >= 0.6 is 0 Å². The molecule has 0 aliphatic carbocycles. The van der Waals surface area contributed by atoms with E-state index in [2.05, 4.69) is 10.2 Å². The number of rotatable bonds is 5. The molecule has 0 aromatic heterocycles. The second kappa shape index (κ2) is 6.97. The molecule has 29 heavy (non-hydrogen) atoms. The first kappa shape index (κ1) is 18.5. The maximum Gasteiger partial charge on any atom is 0.343 e. The number of benzene rings is 1. The molecule has 0 unspecified atom stereocenters. The SMILES string of the molecule is COC(=O)c1cn(C[C@H]2OC(=O)c3c2ccc(OC)c3OC)cc2c(=O)[nH]nc1-2. The second-order valence-corrected chi connectivity index (χ2v) is 6.33. The number of pyridine rings is 1. The number of cyclic esters (lactones) is 1. The van der Waals surface area contributed by atoms with E-state index in [0.717, 1.165) is 0 Å². The number of nitrogens with one attached hydrogen (secondary N) is 1. The Kier molecular flexibility index (Phi) is 4.45. The van der Waals surface area contributed by atoms with Crippen LogP contribution in [0.3, 0.4) is 0 Å². The number of carbonyl (C=O) groups is 2. The van der Waals surface area contributed by atoms with Crippen LogP contribution in [-0.4, -0.2) is 48.0 Å². The van der Waals surface area contributed by atoms with E-state index in [4.69, 9.17) is 18.9 Å². The molecule has 0 spiro atoms. The highest BCUT2D eigenvalue weighted by Crippen LogP contribution is 2.42. The van der Waals surface area contributed by atoms with Gasteiger partial charge in [-0.3, -0.25) is 4.79 Å². The molecular formula is C19H17N3O7. The van der Waals surface area contributed by atoms with Crippen LogP contribution < -0.4 is 15.0 Å². The van der Waals surface area contributed by atoms with E-state index in [0.29, 0.717) is 22.6 Å².